The Morgan fingerprint density at radius 1 is 1.21 bits per heavy atom. The third kappa shape index (κ3) is 2.08. The van der Waals surface area contributed by atoms with Gasteiger partial charge in [0, 0.05) is 22.7 Å². The Morgan fingerprint density at radius 3 is 2.74 bits per heavy atom. The Hall–Kier alpha value is -1.61. The molecule has 0 amide bonds. The number of hydrogen-bond donors (Lipinski definition) is 2. The molecule has 0 aliphatic carbocycles. The van der Waals surface area contributed by atoms with Gasteiger partial charge in [0.25, 0.3) is 0 Å². The highest BCUT2D eigenvalue weighted by Gasteiger charge is 2.24. The van der Waals surface area contributed by atoms with Crippen LogP contribution < -0.4 is 5.32 Å². The van der Waals surface area contributed by atoms with Crippen molar-refractivity contribution in [2.24, 2.45) is 0 Å². The molecule has 3 rings (SSSR count). The van der Waals surface area contributed by atoms with Gasteiger partial charge in [0.15, 0.2) is 5.78 Å². The predicted molar refractivity (Wildman–Crippen MR) is 77.7 cm³/mol. The van der Waals surface area contributed by atoms with Crippen molar-refractivity contribution in [2.75, 3.05) is 6.54 Å². The molecule has 100 valence electrons. The van der Waals surface area contributed by atoms with Crippen LogP contribution in [-0.4, -0.2) is 23.4 Å². The van der Waals surface area contributed by atoms with E-state index in [-0.39, 0.29) is 11.8 Å². The van der Waals surface area contributed by atoms with E-state index in [9.17, 15) is 4.79 Å². The van der Waals surface area contributed by atoms with Gasteiger partial charge in [0.2, 0.25) is 0 Å². The number of hydrogen-bond acceptors (Lipinski definition) is 2. The summed E-state index contributed by atoms with van der Waals surface area (Å²) < 4.78 is 0. The van der Waals surface area contributed by atoms with Gasteiger partial charge in [-0.2, -0.15) is 0 Å². The summed E-state index contributed by atoms with van der Waals surface area (Å²) in [7, 11) is 0. The van der Waals surface area contributed by atoms with Crippen LogP contribution in [0.15, 0.2) is 18.3 Å². The molecule has 3 heteroatoms. The number of benzene rings is 1. The first kappa shape index (κ1) is 12.4. The molecule has 1 aliphatic heterocycles. The van der Waals surface area contributed by atoms with E-state index in [4.69, 9.17) is 0 Å². The monoisotopic (exact) mass is 256 g/mol. The summed E-state index contributed by atoms with van der Waals surface area (Å²) in [5, 5.41) is 4.44. The first-order chi connectivity index (χ1) is 9.18. The first-order valence-corrected chi connectivity index (χ1v) is 7.03. The van der Waals surface area contributed by atoms with Gasteiger partial charge in [-0.3, -0.25) is 4.79 Å². The quantitative estimate of drug-likeness (QED) is 0.811. The van der Waals surface area contributed by atoms with Gasteiger partial charge >= 0.3 is 0 Å². The van der Waals surface area contributed by atoms with E-state index < -0.39 is 0 Å². The lowest BCUT2D eigenvalue weighted by Gasteiger charge is -2.22. The SMILES string of the molecule is Cc1ccc(C)c2c(C(=O)C3CCCCN3)c[nH]c12. The molecule has 2 N–H and O–H groups in total. The van der Waals surface area contributed by atoms with Crippen molar-refractivity contribution in [3.63, 3.8) is 0 Å². The highest BCUT2D eigenvalue weighted by molar-refractivity contribution is 6.11. The van der Waals surface area contributed by atoms with E-state index in [0.717, 1.165) is 35.9 Å². The second-order valence-electron chi connectivity index (χ2n) is 5.52. The minimum Gasteiger partial charge on any atom is -0.360 e. The van der Waals surface area contributed by atoms with Crippen LogP contribution in [0, 0.1) is 13.8 Å². The van der Waals surface area contributed by atoms with Crippen molar-refractivity contribution in [3.8, 4) is 0 Å². The normalized spacial score (nSPS) is 19.8. The van der Waals surface area contributed by atoms with E-state index in [1.807, 2.05) is 6.20 Å². The van der Waals surface area contributed by atoms with Crippen molar-refractivity contribution in [1.29, 1.82) is 0 Å². The Balaban J connectivity index is 2.05. The number of ketones is 1. The Kier molecular flexibility index (Phi) is 3.15. The van der Waals surface area contributed by atoms with Crippen LogP contribution in [0.1, 0.15) is 40.7 Å². The maximum absolute atomic E-state index is 12.7. The van der Waals surface area contributed by atoms with Gasteiger partial charge < -0.3 is 10.3 Å². The van der Waals surface area contributed by atoms with Gasteiger partial charge in [0.05, 0.1) is 6.04 Å². The van der Waals surface area contributed by atoms with Crippen molar-refractivity contribution in [2.45, 2.75) is 39.2 Å². The van der Waals surface area contributed by atoms with E-state index in [1.54, 1.807) is 0 Å². The number of piperidine rings is 1. The minimum absolute atomic E-state index is 0.00679. The van der Waals surface area contributed by atoms with E-state index in [0.29, 0.717) is 0 Å². The van der Waals surface area contributed by atoms with Crippen LogP contribution in [0.5, 0.6) is 0 Å². The maximum Gasteiger partial charge on any atom is 0.181 e. The summed E-state index contributed by atoms with van der Waals surface area (Å²) in [4.78, 5) is 15.9. The van der Waals surface area contributed by atoms with E-state index in [1.165, 1.54) is 17.5 Å². The highest BCUT2D eigenvalue weighted by Crippen LogP contribution is 2.27. The molecule has 2 aromatic rings. The molecule has 1 saturated heterocycles. The fourth-order valence-corrected chi connectivity index (χ4v) is 3.02. The summed E-state index contributed by atoms with van der Waals surface area (Å²) in [5.41, 5.74) is 4.30. The van der Waals surface area contributed by atoms with Gasteiger partial charge in [-0.25, -0.2) is 0 Å². The summed E-state index contributed by atoms with van der Waals surface area (Å²) in [5.74, 6) is 0.236. The van der Waals surface area contributed by atoms with Crippen molar-refractivity contribution < 1.29 is 4.79 Å². The van der Waals surface area contributed by atoms with E-state index in [2.05, 4.69) is 36.3 Å². The zero-order chi connectivity index (χ0) is 13.4. The average molecular weight is 256 g/mol. The van der Waals surface area contributed by atoms with Crippen molar-refractivity contribution in [3.05, 3.63) is 35.0 Å². The number of aromatic amines is 1. The topological polar surface area (TPSA) is 44.9 Å². The van der Waals surface area contributed by atoms with Crippen LogP contribution >= 0.6 is 0 Å². The molecule has 1 unspecified atom stereocenters. The second-order valence-corrected chi connectivity index (χ2v) is 5.52. The molecule has 2 heterocycles. The number of carbonyl (C=O) groups excluding carboxylic acids is 1. The maximum atomic E-state index is 12.7. The molecule has 19 heavy (non-hydrogen) atoms. The molecule has 1 aliphatic rings. The summed E-state index contributed by atoms with van der Waals surface area (Å²) in [6.07, 6.45) is 5.15. The molecule has 0 spiro atoms. The average Bonchev–Trinajstić information content (AvgIpc) is 2.89. The van der Waals surface area contributed by atoms with Crippen LogP contribution in [-0.2, 0) is 0 Å². The lowest BCUT2D eigenvalue weighted by Crippen LogP contribution is -2.40. The molecule has 0 radical (unpaired) electrons. The molecular formula is C16H20N2O. The number of fused-ring (bicyclic) bond motifs is 1. The van der Waals surface area contributed by atoms with Crippen LogP contribution in [0.3, 0.4) is 0 Å². The predicted octanol–water partition coefficient (Wildman–Crippen LogP) is 3.11. The number of nitrogens with one attached hydrogen (secondary N) is 2. The number of aryl methyl sites for hydroxylation is 2. The molecular weight excluding hydrogens is 236 g/mol. The van der Waals surface area contributed by atoms with Crippen molar-refractivity contribution in [1.82, 2.24) is 10.3 Å². The Labute approximate surface area is 113 Å². The van der Waals surface area contributed by atoms with Gasteiger partial charge in [-0.15, -0.1) is 0 Å². The molecule has 1 fully saturated rings. The van der Waals surface area contributed by atoms with Crippen LogP contribution in [0.25, 0.3) is 10.9 Å². The van der Waals surface area contributed by atoms with E-state index >= 15 is 0 Å². The fourth-order valence-electron chi connectivity index (χ4n) is 3.02. The summed E-state index contributed by atoms with van der Waals surface area (Å²) in [6, 6.07) is 4.19. The molecule has 3 nitrogen and oxygen atoms in total. The van der Waals surface area contributed by atoms with Gasteiger partial charge in [-0.1, -0.05) is 18.6 Å². The number of carbonyl (C=O) groups is 1. The van der Waals surface area contributed by atoms with Crippen LogP contribution in [0.2, 0.25) is 0 Å². The largest absolute Gasteiger partial charge is 0.360 e. The molecule has 0 saturated carbocycles. The second kappa shape index (κ2) is 4.82. The summed E-state index contributed by atoms with van der Waals surface area (Å²) in [6.45, 7) is 5.10. The third-order valence-electron chi connectivity index (χ3n) is 4.14. The third-order valence-corrected chi connectivity index (χ3v) is 4.14. The first-order valence-electron chi connectivity index (χ1n) is 7.03. The Bertz CT molecular complexity index is 621. The van der Waals surface area contributed by atoms with Crippen LogP contribution in [0.4, 0.5) is 0 Å². The molecule has 0 bridgehead atoms. The van der Waals surface area contributed by atoms with Gasteiger partial charge in [-0.05, 0) is 44.4 Å². The van der Waals surface area contributed by atoms with Crippen molar-refractivity contribution >= 4 is 16.7 Å². The standard InChI is InChI=1S/C16H20N2O/c1-10-6-7-11(2)15-14(10)12(9-18-15)16(19)13-5-3-4-8-17-13/h6-7,9,13,17-18H,3-5,8H2,1-2H3. The fraction of sp³-hybridized carbons (Fsp3) is 0.438. The molecule has 1 aromatic carbocycles. The molecule has 1 atom stereocenters. The smallest absolute Gasteiger partial charge is 0.181 e. The summed E-state index contributed by atoms with van der Waals surface area (Å²) >= 11 is 0. The highest BCUT2D eigenvalue weighted by atomic mass is 16.1. The molecule has 1 aromatic heterocycles. The Morgan fingerprint density at radius 2 is 2.00 bits per heavy atom. The number of rotatable bonds is 2. The number of aromatic nitrogens is 1. The zero-order valence-electron chi connectivity index (χ0n) is 11.5. The zero-order valence-corrected chi connectivity index (χ0v) is 11.5. The van der Waals surface area contributed by atoms with Gasteiger partial charge in [0.1, 0.15) is 0 Å². The minimum atomic E-state index is -0.00679. The lowest BCUT2D eigenvalue weighted by atomic mass is 9.94. The number of Topliss-reactive ketones (excluding diaryl/α,β-unsaturated/α-hetero) is 1. The lowest BCUT2D eigenvalue weighted by molar-refractivity contribution is 0.0929. The number of H-pyrrole nitrogens is 1.